The first kappa shape index (κ1) is 26.4. The van der Waals surface area contributed by atoms with Gasteiger partial charge in [0.05, 0.1) is 24.6 Å². The number of ether oxygens (including phenoxy) is 1. The number of nitrogens with one attached hydrogen (secondary N) is 1. The number of rotatable bonds is 11. The third kappa shape index (κ3) is 7.43. The molecule has 3 aromatic carbocycles. The van der Waals surface area contributed by atoms with Gasteiger partial charge in [0.15, 0.2) is 5.78 Å². The largest absolute Gasteiger partial charge is 0.397 e. The number of ketones is 1. The number of para-hydroxylation sites is 2. The zero-order valence-electron chi connectivity index (χ0n) is 21.6. The molecule has 4 rings (SSSR count). The van der Waals surface area contributed by atoms with Crippen LogP contribution in [0, 0.1) is 0 Å². The number of carbonyl (C=O) groups excluding carboxylic acids is 2. The SMILES string of the molecule is CC1COCCN1c1ccc(-c2ccc(C(=O)CCCCCCC(=O)Nc3ccccc3N)cc2)cc1. The van der Waals surface area contributed by atoms with Crippen LogP contribution in [0.25, 0.3) is 11.1 Å². The minimum absolute atomic E-state index is 0.0284. The van der Waals surface area contributed by atoms with E-state index in [9.17, 15) is 9.59 Å². The van der Waals surface area contributed by atoms with Crippen molar-refractivity contribution in [2.75, 3.05) is 35.7 Å². The molecule has 1 heterocycles. The van der Waals surface area contributed by atoms with Crippen molar-refractivity contribution in [1.29, 1.82) is 0 Å². The van der Waals surface area contributed by atoms with Gasteiger partial charge in [-0.15, -0.1) is 0 Å². The molecule has 1 saturated heterocycles. The Morgan fingerprint density at radius 3 is 2.22 bits per heavy atom. The number of unbranched alkanes of at least 4 members (excludes halogenated alkanes) is 3. The van der Waals surface area contributed by atoms with Gasteiger partial charge < -0.3 is 20.7 Å². The van der Waals surface area contributed by atoms with Crippen LogP contribution in [-0.2, 0) is 9.53 Å². The molecule has 0 radical (unpaired) electrons. The van der Waals surface area contributed by atoms with Gasteiger partial charge in [0.2, 0.25) is 5.91 Å². The van der Waals surface area contributed by atoms with Gasteiger partial charge in [-0.3, -0.25) is 9.59 Å². The Hall–Kier alpha value is -3.64. The Morgan fingerprint density at radius 1 is 0.892 bits per heavy atom. The molecule has 1 atom stereocenters. The Morgan fingerprint density at radius 2 is 1.54 bits per heavy atom. The number of nitrogen functional groups attached to an aromatic ring is 1. The minimum atomic E-state index is -0.0284. The number of Topliss-reactive ketones (excluding diaryl/α,β-unsaturated/α-hetero) is 1. The van der Waals surface area contributed by atoms with Gasteiger partial charge in [-0.2, -0.15) is 0 Å². The van der Waals surface area contributed by atoms with Crippen molar-refractivity contribution in [3.63, 3.8) is 0 Å². The highest BCUT2D eigenvalue weighted by molar-refractivity contribution is 5.96. The van der Waals surface area contributed by atoms with Crippen LogP contribution in [-0.4, -0.2) is 37.5 Å². The van der Waals surface area contributed by atoms with Crippen LogP contribution in [0.5, 0.6) is 0 Å². The van der Waals surface area contributed by atoms with Crippen molar-refractivity contribution in [2.24, 2.45) is 0 Å². The summed E-state index contributed by atoms with van der Waals surface area (Å²) >= 11 is 0. The van der Waals surface area contributed by atoms with E-state index in [-0.39, 0.29) is 11.7 Å². The molecule has 0 aromatic heterocycles. The van der Waals surface area contributed by atoms with E-state index in [1.165, 1.54) is 5.69 Å². The number of amides is 1. The van der Waals surface area contributed by atoms with Gasteiger partial charge in [0, 0.05) is 36.7 Å². The number of benzene rings is 3. The number of hydrogen-bond acceptors (Lipinski definition) is 5. The molecule has 3 N–H and O–H groups in total. The van der Waals surface area contributed by atoms with Crippen molar-refractivity contribution in [3.05, 3.63) is 78.4 Å². The molecule has 1 aliphatic rings. The first-order valence-corrected chi connectivity index (χ1v) is 13.2. The first-order valence-electron chi connectivity index (χ1n) is 13.2. The normalized spacial score (nSPS) is 15.4. The van der Waals surface area contributed by atoms with Crippen LogP contribution in [0.4, 0.5) is 17.1 Å². The summed E-state index contributed by atoms with van der Waals surface area (Å²) in [5, 5.41) is 2.85. The third-order valence-corrected chi connectivity index (χ3v) is 6.90. The maximum atomic E-state index is 12.6. The van der Waals surface area contributed by atoms with Gasteiger partial charge in [0.1, 0.15) is 0 Å². The molecule has 3 aromatic rings. The average molecular weight is 500 g/mol. The Kier molecular flexibility index (Phi) is 9.33. The van der Waals surface area contributed by atoms with Crippen molar-refractivity contribution in [1.82, 2.24) is 0 Å². The molecule has 1 amide bonds. The second-order valence-corrected chi connectivity index (χ2v) is 9.71. The zero-order chi connectivity index (χ0) is 26.0. The molecule has 0 bridgehead atoms. The third-order valence-electron chi connectivity index (χ3n) is 6.90. The predicted octanol–water partition coefficient (Wildman–Crippen LogP) is 6.32. The van der Waals surface area contributed by atoms with Crippen LogP contribution >= 0.6 is 0 Å². The van der Waals surface area contributed by atoms with E-state index in [0.717, 1.165) is 62.1 Å². The van der Waals surface area contributed by atoms with E-state index in [1.54, 1.807) is 12.1 Å². The summed E-state index contributed by atoms with van der Waals surface area (Å²) in [4.78, 5) is 27.1. The number of hydrogen-bond donors (Lipinski definition) is 2. The number of carbonyl (C=O) groups is 2. The average Bonchev–Trinajstić information content (AvgIpc) is 2.92. The fourth-order valence-corrected chi connectivity index (χ4v) is 4.70. The molecule has 194 valence electrons. The molecular weight excluding hydrogens is 462 g/mol. The fourth-order valence-electron chi connectivity index (χ4n) is 4.70. The van der Waals surface area contributed by atoms with Gasteiger partial charge >= 0.3 is 0 Å². The number of nitrogens with two attached hydrogens (primary N) is 1. The van der Waals surface area contributed by atoms with Gasteiger partial charge in [-0.1, -0.05) is 61.4 Å². The molecule has 0 spiro atoms. The van der Waals surface area contributed by atoms with E-state index in [4.69, 9.17) is 10.5 Å². The van der Waals surface area contributed by atoms with E-state index >= 15 is 0 Å². The summed E-state index contributed by atoms with van der Waals surface area (Å²) in [6, 6.07) is 24.1. The molecule has 1 fully saturated rings. The molecule has 37 heavy (non-hydrogen) atoms. The van der Waals surface area contributed by atoms with Crippen LogP contribution < -0.4 is 16.0 Å². The minimum Gasteiger partial charge on any atom is -0.397 e. The van der Waals surface area contributed by atoms with Gasteiger partial charge in [0.25, 0.3) is 0 Å². The summed E-state index contributed by atoms with van der Waals surface area (Å²) in [6.07, 6.45) is 4.45. The topological polar surface area (TPSA) is 84.7 Å². The smallest absolute Gasteiger partial charge is 0.224 e. The second kappa shape index (κ2) is 13.1. The molecule has 6 nitrogen and oxygen atoms in total. The lowest BCUT2D eigenvalue weighted by atomic mass is 9.99. The molecular formula is C31H37N3O3. The van der Waals surface area contributed by atoms with Crippen molar-refractivity contribution in [2.45, 2.75) is 51.5 Å². The predicted molar refractivity (Wildman–Crippen MR) is 151 cm³/mol. The highest BCUT2D eigenvalue weighted by atomic mass is 16.5. The Bertz CT molecular complexity index is 1180. The standard InChI is InChI=1S/C31H37N3O3/c1-23-22-37-21-20-34(23)27-18-16-25(17-19-27)24-12-14-26(15-13-24)30(35)10-4-2-3-5-11-31(36)33-29-9-7-6-8-28(29)32/h6-9,12-19,23H,2-5,10-11,20-22,32H2,1H3,(H,33,36). The lowest BCUT2D eigenvalue weighted by Gasteiger charge is -2.35. The monoisotopic (exact) mass is 499 g/mol. The maximum absolute atomic E-state index is 12.6. The Balaban J connectivity index is 1.17. The molecule has 1 aliphatic heterocycles. The highest BCUT2D eigenvalue weighted by Gasteiger charge is 2.19. The first-order chi connectivity index (χ1) is 18.0. The summed E-state index contributed by atoms with van der Waals surface area (Å²) in [7, 11) is 0. The van der Waals surface area contributed by atoms with Crippen molar-refractivity contribution in [3.8, 4) is 11.1 Å². The molecule has 0 saturated carbocycles. The van der Waals surface area contributed by atoms with Crippen LogP contribution in [0.3, 0.4) is 0 Å². The van der Waals surface area contributed by atoms with E-state index < -0.39 is 0 Å². The number of anilines is 3. The van der Waals surface area contributed by atoms with Crippen LogP contribution in [0.2, 0.25) is 0 Å². The van der Waals surface area contributed by atoms with Gasteiger partial charge in [-0.25, -0.2) is 0 Å². The zero-order valence-corrected chi connectivity index (χ0v) is 21.6. The van der Waals surface area contributed by atoms with E-state index in [2.05, 4.69) is 41.4 Å². The summed E-state index contributed by atoms with van der Waals surface area (Å²) < 4.78 is 5.54. The lowest BCUT2D eigenvalue weighted by molar-refractivity contribution is -0.116. The lowest BCUT2D eigenvalue weighted by Crippen LogP contribution is -2.43. The fraction of sp³-hybridized carbons (Fsp3) is 0.355. The van der Waals surface area contributed by atoms with Crippen molar-refractivity contribution < 1.29 is 14.3 Å². The summed E-state index contributed by atoms with van der Waals surface area (Å²) in [5.74, 6) is 0.139. The molecule has 1 unspecified atom stereocenters. The van der Waals surface area contributed by atoms with Crippen LogP contribution in [0.1, 0.15) is 55.8 Å². The maximum Gasteiger partial charge on any atom is 0.224 e. The van der Waals surface area contributed by atoms with Crippen molar-refractivity contribution >= 4 is 28.8 Å². The van der Waals surface area contributed by atoms with Crippen LogP contribution in [0.15, 0.2) is 72.8 Å². The van der Waals surface area contributed by atoms with E-state index in [0.29, 0.717) is 30.3 Å². The van der Waals surface area contributed by atoms with E-state index in [1.807, 2.05) is 36.4 Å². The quantitative estimate of drug-likeness (QED) is 0.183. The Labute approximate surface area is 219 Å². The number of morpholine rings is 1. The molecule has 6 heteroatoms. The molecule has 0 aliphatic carbocycles. The number of nitrogens with zero attached hydrogens (tertiary/aromatic N) is 1. The summed E-state index contributed by atoms with van der Waals surface area (Å²) in [6.45, 7) is 4.63. The van der Waals surface area contributed by atoms with Gasteiger partial charge in [-0.05, 0) is 55.2 Å². The highest BCUT2D eigenvalue weighted by Crippen LogP contribution is 2.26. The summed E-state index contributed by atoms with van der Waals surface area (Å²) in [5.41, 5.74) is 11.3. The second-order valence-electron chi connectivity index (χ2n) is 9.71.